The zero-order valence-electron chi connectivity index (χ0n) is 13.6. The molecule has 21 heavy (non-hydrogen) atoms. The van der Waals surface area contributed by atoms with Crippen LogP contribution in [-0.2, 0) is 9.59 Å². The summed E-state index contributed by atoms with van der Waals surface area (Å²) in [5.41, 5.74) is 5.59. The molecule has 0 aromatic carbocycles. The third-order valence-electron chi connectivity index (χ3n) is 4.53. The molecule has 0 saturated carbocycles. The summed E-state index contributed by atoms with van der Waals surface area (Å²) in [5, 5.41) is 2.87. The summed E-state index contributed by atoms with van der Waals surface area (Å²) in [6.07, 6.45) is 5.71. The Kier molecular flexibility index (Phi) is 8.35. The van der Waals surface area contributed by atoms with Crippen molar-refractivity contribution in [2.75, 3.05) is 26.2 Å². The number of piperidine rings is 1. The van der Waals surface area contributed by atoms with E-state index < -0.39 is 0 Å². The van der Waals surface area contributed by atoms with E-state index >= 15 is 0 Å². The molecular weight excluding hydrogens is 266 g/mol. The smallest absolute Gasteiger partial charge is 0.222 e. The fraction of sp³-hybridized carbons (Fsp3) is 0.875. The predicted octanol–water partition coefficient (Wildman–Crippen LogP) is 1.52. The molecule has 5 heteroatoms. The van der Waals surface area contributed by atoms with E-state index in [0.29, 0.717) is 24.8 Å². The van der Waals surface area contributed by atoms with Crippen LogP contribution in [0.25, 0.3) is 0 Å². The number of carbonyl (C=O) groups is 2. The minimum Gasteiger partial charge on any atom is -0.356 e. The number of amides is 2. The van der Waals surface area contributed by atoms with Crippen molar-refractivity contribution < 1.29 is 9.59 Å². The lowest BCUT2D eigenvalue weighted by molar-refractivity contribution is -0.133. The molecule has 3 N–H and O–H groups in total. The SMILES string of the molecule is CCC(CCN)CCC(=O)N1CCC(CNC(C)=O)CC1. The molecule has 1 rings (SSSR count). The number of nitrogens with two attached hydrogens (primary N) is 1. The number of hydrogen-bond acceptors (Lipinski definition) is 3. The van der Waals surface area contributed by atoms with E-state index in [1.807, 2.05) is 4.90 Å². The summed E-state index contributed by atoms with van der Waals surface area (Å²) in [7, 11) is 0. The van der Waals surface area contributed by atoms with Crippen molar-refractivity contribution in [2.45, 2.75) is 52.4 Å². The van der Waals surface area contributed by atoms with E-state index in [1.54, 1.807) is 6.92 Å². The van der Waals surface area contributed by atoms with Gasteiger partial charge in [-0.1, -0.05) is 13.3 Å². The van der Waals surface area contributed by atoms with Crippen LogP contribution in [0.4, 0.5) is 0 Å². The first-order valence-corrected chi connectivity index (χ1v) is 8.29. The summed E-state index contributed by atoms with van der Waals surface area (Å²) in [6.45, 7) is 6.82. The van der Waals surface area contributed by atoms with Crippen molar-refractivity contribution >= 4 is 11.8 Å². The topological polar surface area (TPSA) is 75.4 Å². The number of likely N-dealkylation sites (tertiary alicyclic amines) is 1. The molecule has 0 bridgehead atoms. The third-order valence-corrected chi connectivity index (χ3v) is 4.53. The van der Waals surface area contributed by atoms with E-state index in [4.69, 9.17) is 5.73 Å². The predicted molar refractivity (Wildman–Crippen MR) is 84.7 cm³/mol. The van der Waals surface area contributed by atoms with Crippen LogP contribution in [0.2, 0.25) is 0 Å². The van der Waals surface area contributed by atoms with E-state index in [9.17, 15) is 9.59 Å². The fourth-order valence-electron chi connectivity index (χ4n) is 2.95. The zero-order valence-corrected chi connectivity index (χ0v) is 13.6. The number of rotatable bonds is 8. The largest absolute Gasteiger partial charge is 0.356 e. The van der Waals surface area contributed by atoms with E-state index in [1.165, 1.54) is 0 Å². The van der Waals surface area contributed by atoms with Gasteiger partial charge in [0.15, 0.2) is 0 Å². The molecule has 0 aliphatic carbocycles. The minimum atomic E-state index is 0.0269. The first-order chi connectivity index (χ1) is 10.1. The zero-order chi connectivity index (χ0) is 15.7. The molecule has 5 nitrogen and oxygen atoms in total. The Morgan fingerprint density at radius 3 is 2.48 bits per heavy atom. The molecule has 1 aliphatic heterocycles. The standard InChI is InChI=1S/C16H31N3O2/c1-3-14(6-9-17)4-5-16(21)19-10-7-15(8-11-19)12-18-13(2)20/h14-15H,3-12,17H2,1-2H3,(H,18,20). The Hall–Kier alpha value is -1.10. The summed E-state index contributed by atoms with van der Waals surface area (Å²) in [5.74, 6) is 1.40. The van der Waals surface area contributed by atoms with Crippen molar-refractivity contribution in [3.63, 3.8) is 0 Å². The molecule has 1 heterocycles. The summed E-state index contributed by atoms with van der Waals surface area (Å²) < 4.78 is 0. The van der Waals surface area contributed by atoms with Gasteiger partial charge in [0, 0.05) is 33.0 Å². The molecule has 0 spiro atoms. The van der Waals surface area contributed by atoms with Crippen LogP contribution < -0.4 is 11.1 Å². The van der Waals surface area contributed by atoms with Gasteiger partial charge in [0.2, 0.25) is 11.8 Å². The Balaban J connectivity index is 2.23. The van der Waals surface area contributed by atoms with Crippen LogP contribution in [-0.4, -0.2) is 42.9 Å². The van der Waals surface area contributed by atoms with Gasteiger partial charge < -0.3 is 16.0 Å². The van der Waals surface area contributed by atoms with Crippen molar-refractivity contribution in [3.8, 4) is 0 Å². The van der Waals surface area contributed by atoms with Gasteiger partial charge in [0.25, 0.3) is 0 Å². The Morgan fingerprint density at radius 2 is 1.95 bits per heavy atom. The maximum absolute atomic E-state index is 12.2. The highest BCUT2D eigenvalue weighted by Gasteiger charge is 2.23. The average Bonchev–Trinajstić information content (AvgIpc) is 2.49. The van der Waals surface area contributed by atoms with Gasteiger partial charge in [0.05, 0.1) is 0 Å². The summed E-state index contributed by atoms with van der Waals surface area (Å²) in [6, 6.07) is 0. The molecule has 1 atom stereocenters. The Labute approximate surface area is 128 Å². The average molecular weight is 297 g/mol. The van der Waals surface area contributed by atoms with Gasteiger partial charge in [-0.3, -0.25) is 9.59 Å². The van der Waals surface area contributed by atoms with Crippen molar-refractivity contribution in [1.82, 2.24) is 10.2 Å². The minimum absolute atomic E-state index is 0.0269. The van der Waals surface area contributed by atoms with E-state index in [-0.39, 0.29) is 11.8 Å². The van der Waals surface area contributed by atoms with Gasteiger partial charge >= 0.3 is 0 Å². The fourth-order valence-corrected chi connectivity index (χ4v) is 2.95. The van der Waals surface area contributed by atoms with Crippen LogP contribution in [0.1, 0.15) is 52.4 Å². The molecule has 2 amide bonds. The second-order valence-electron chi connectivity index (χ2n) is 6.15. The monoisotopic (exact) mass is 297 g/mol. The normalized spacial score (nSPS) is 17.6. The summed E-state index contributed by atoms with van der Waals surface area (Å²) in [4.78, 5) is 25.1. The van der Waals surface area contributed by atoms with Crippen LogP contribution in [0.3, 0.4) is 0 Å². The molecule has 1 saturated heterocycles. The molecule has 1 fully saturated rings. The van der Waals surface area contributed by atoms with E-state index in [2.05, 4.69) is 12.2 Å². The van der Waals surface area contributed by atoms with Crippen LogP contribution in [0, 0.1) is 11.8 Å². The van der Waals surface area contributed by atoms with Crippen LogP contribution in [0.15, 0.2) is 0 Å². The Bertz CT molecular complexity index is 325. The number of carbonyl (C=O) groups excluding carboxylic acids is 2. The maximum atomic E-state index is 12.2. The number of hydrogen-bond donors (Lipinski definition) is 2. The van der Waals surface area contributed by atoms with Gasteiger partial charge in [-0.2, -0.15) is 0 Å². The Morgan fingerprint density at radius 1 is 1.29 bits per heavy atom. The van der Waals surface area contributed by atoms with Gasteiger partial charge in [0.1, 0.15) is 0 Å². The molecule has 1 unspecified atom stereocenters. The van der Waals surface area contributed by atoms with Gasteiger partial charge in [-0.05, 0) is 44.1 Å². The van der Waals surface area contributed by atoms with Crippen LogP contribution in [0.5, 0.6) is 0 Å². The number of nitrogens with one attached hydrogen (secondary N) is 1. The lowest BCUT2D eigenvalue weighted by atomic mass is 9.94. The highest BCUT2D eigenvalue weighted by molar-refractivity contribution is 5.76. The molecule has 1 aliphatic rings. The van der Waals surface area contributed by atoms with Crippen molar-refractivity contribution in [1.29, 1.82) is 0 Å². The van der Waals surface area contributed by atoms with Crippen LogP contribution >= 0.6 is 0 Å². The van der Waals surface area contributed by atoms with Gasteiger partial charge in [-0.25, -0.2) is 0 Å². The van der Waals surface area contributed by atoms with Crippen molar-refractivity contribution in [2.24, 2.45) is 17.6 Å². The van der Waals surface area contributed by atoms with Gasteiger partial charge in [-0.15, -0.1) is 0 Å². The highest BCUT2D eigenvalue weighted by Crippen LogP contribution is 2.20. The maximum Gasteiger partial charge on any atom is 0.222 e. The molecule has 0 radical (unpaired) electrons. The molecule has 0 aromatic rings. The highest BCUT2D eigenvalue weighted by atomic mass is 16.2. The molecule has 122 valence electrons. The molecule has 0 aromatic heterocycles. The third kappa shape index (κ3) is 6.93. The summed E-state index contributed by atoms with van der Waals surface area (Å²) >= 11 is 0. The second kappa shape index (κ2) is 9.77. The lowest BCUT2D eigenvalue weighted by Crippen LogP contribution is -2.41. The quantitative estimate of drug-likeness (QED) is 0.713. The molecular formula is C16H31N3O2. The lowest BCUT2D eigenvalue weighted by Gasteiger charge is -2.32. The van der Waals surface area contributed by atoms with Crippen molar-refractivity contribution in [3.05, 3.63) is 0 Å². The first-order valence-electron chi connectivity index (χ1n) is 8.29. The second-order valence-corrected chi connectivity index (χ2v) is 6.15. The first kappa shape index (κ1) is 18.0. The van der Waals surface area contributed by atoms with E-state index in [0.717, 1.165) is 51.7 Å². The number of nitrogens with zero attached hydrogens (tertiary/aromatic N) is 1.